The van der Waals surface area contributed by atoms with Gasteiger partial charge in [0.2, 0.25) is 0 Å². The van der Waals surface area contributed by atoms with Crippen LogP contribution < -0.4 is 0 Å². The van der Waals surface area contributed by atoms with Crippen LogP contribution >= 0.6 is 0 Å². The lowest BCUT2D eigenvalue weighted by Crippen LogP contribution is -2.45. The van der Waals surface area contributed by atoms with Crippen LogP contribution in [-0.2, 0) is 31.3 Å². The summed E-state index contributed by atoms with van der Waals surface area (Å²) in [6, 6.07) is 32.6. The number of rotatable bonds is 1. The molecule has 0 radical (unpaired) electrons. The molecule has 0 aromatic heterocycles. The zero-order chi connectivity index (χ0) is 20.1. The fourth-order valence-electron chi connectivity index (χ4n) is 6.14. The highest BCUT2D eigenvalue weighted by Crippen LogP contribution is 2.48. The summed E-state index contributed by atoms with van der Waals surface area (Å²) in [5.74, 6) is 0.292. The normalized spacial score (nSPS) is 25.1. The summed E-state index contributed by atoms with van der Waals surface area (Å²) in [7, 11) is 0. The Morgan fingerprint density at radius 3 is 1.57 bits per heavy atom. The highest BCUT2D eigenvalue weighted by atomic mass is 16.3. The van der Waals surface area contributed by atoms with Gasteiger partial charge in [0.05, 0.1) is 5.60 Å². The highest BCUT2D eigenvalue weighted by Gasteiger charge is 2.48. The topological polar surface area (TPSA) is 20.2 Å². The Kier molecular flexibility index (Phi) is 4.07. The molecule has 0 fully saturated rings. The average Bonchev–Trinajstić information content (AvgIpc) is 2.91. The fourth-order valence-corrected chi connectivity index (χ4v) is 6.14. The predicted octanol–water partition coefficient (Wildman–Crippen LogP) is 5.86. The van der Waals surface area contributed by atoms with Gasteiger partial charge in [-0.25, -0.2) is 0 Å². The first-order valence-corrected chi connectivity index (χ1v) is 11.1. The van der Waals surface area contributed by atoms with E-state index in [0.717, 1.165) is 31.2 Å². The van der Waals surface area contributed by atoms with Crippen molar-refractivity contribution in [2.24, 2.45) is 11.8 Å². The van der Waals surface area contributed by atoms with Crippen LogP contribution in [0.2, 0.25) is 0 Å². The molecule has 1 heteroatoms. The van der Waals surface area contributed by atoms with Crippen LogP contribution in [0.1, 0.15) is 27.8 Å². The zero-order valence-electron chi connectivity index (χ0n) is 17.1. The number of benzene rings is 4. The van der Waals surface area contributed by atoms with Crippen molar-refractivity contribution >= 4 is 10.8 Å². The average molecular weight is 391 g/mol. The predicted molar refractivity (Wildman–Crippen MR) is 123 cm³/mol. The van der Waals surface area contributed by atoms with Gasteiger partial charge in [-0.05, 0) is 64.3 Å². The molecule has 4 aromatic carbocycles. The second-order valence-electron chi connectivity index (χ2n) is 9.10. The van der Waals surface area contributed by atoms with E-state index in [1.54, 1.807) is 0 Å². The van der Waals surface area contributed by atoms with E-state index in [0.29, 0.717) is 0 Å². The Labute approximate surface area is 178 Å². The van der Waals surface area contributed by atoms with E-state index in [-0.39, 0.29) is 11.8 Å². The van der Waals surface area contributed by atoms with Crippen molar-refractivity contribution in [3.05, 3.63) is 119 Å². The van der Waals surface area contributed by atoms with Crippen LogP contribution in [0, 0.1) is 11.8 Å². The molecule has 2 aliphatic rings. The zero-order valence-corrected chi connectivity index (χ0v) is 17.1. The van der Waals surface area contributed by atoms with Gasteiger partial charge in [-0.1, -0.05) is 91.0 Å². The maximum absolute atomic E-state index is 12.6. The van der Waals surface area contributed by atoms with Crippen molar-refractivity contribution in [1.82, 2.24) is 0 Å². The maximum Gasteiger partial charge on any atom is 0.0965 e. The van der Waals surface area contributed by atoms with Gasteiger partial charge in [-0.2, -0.15) is 0 Å². The molecule has 0 saturated carbocycles. The van der Waals surface area contributed by atoms with Crippen LogP contribution in [0.3, 0.4) is 0 Å². The van der Waals surface area contributed by atoms with Gasteiger partial charge in [0.1, 0.15) is 0 Å². The number of hydrogen-bond donors (Lipinski definition) is 1. The first-order valence-electron chi connectivity index (χ1n) is 11.1. The molecule has 3 atom stereocenters. The molecule has 1 N–H and O–H groups in total. The number of hydrogen-bond acceptors (Lipinski definition) is 1. The van der Waals surface area contributed by atoms with Gasteiger partial charge in [0, 0.05) is 11.8 Å². The van der Waals surface area contributed by atoms with Crippen molar-refractivity contribution < 1.29 is 5.11 Å². The van der Waals surface area contributed by atoms with Crippen LogP contribution in [0.4, 0.5) is 0 Å². The first kappa shape index (κ1) is 17.9. The van der Waals surface area contributed by atoms with E-state index in [1.807, 2.05) is 6.07 Å². The minimum Gasteiger partial charge on any atom is -0.385 e. The Balaban J connectivity index is 1.62. The fraction of sp³-hybridized carbons (Fsp3) is 0.241. The lowest BCUT2D eigenvalue weighted by molar-refractivity contribution is -0.0749. The van der Waals surface area contributed by atoms with Crippen molar-refractivity contribution in [1.29, 1.82) is 0 Å². The van der Waals surface area contributed by atoms with E-state index >= 15 is 0 Å². The number of aliphatic hydroxyl groups is 1. The van der Waals surface area contributed by atoms with E-state index in [1.165, 1.54) is 33.0 Å². The molecular formula is C29H26O. The summed E-state index contributed by atoms with van der Waals surface area (Å²) >= 11 is 0. The SMILES string of the molecule is OC1(c2ccccc2)[C@@H]2Cc3ccccc3C[C@H]1Cc1cccc3cccc(c13)C2. The molecule has 0 heterocycles. The van der Waals surface area contributed by atoms with E-state index in [9.17, 15) is 5.11 Å². The Morgan fingerprint density at radius 2 is 1.00 bits per heavy atom. The van der Waals surface area contributed by atoms with Crippen molar-refractivity contribution in [2.75, 3.05) is 0 Å². The van der Waals surface area contributed by atoms with E-state index in [2.05, 4.69) is 84.9 Å². The largest absolute Gasteiger partial charge is 0.385 e. The lowest BCUT2D eigenvalue weighted by atomic mass is 9.65. The lowest BCUT2D eigenvalue weighted by Gasteiger charge is -2.43. The second kappa shape index (κ2) is 6.82. The number of fused-ring (bicyclic) bond motifs is 3. The van der Waals surface area contributed by atoms with Gasteiger partial charge in [0.25, 0.3) is 0 Å². The molecular weight excluding hydrogens is 364 g/mol. The summed E-state index contributed by atoms with van der Waals surface area (Å²) in [6.07, 6.45) is 3.61. The summed E-state index contributed by atoms with van der Waals surface area (Å²) in [6.45, 7) is 0. The van der Waals surface area contributed by atoms with Gasteiger partial charge in [-0.3, -0.25) is 0 Å². The van der Waals surface area contributed by atoms with Crippen LogP contribution in [-0.4, -0.2) is 5.11 Å². The molecule has 1 nitrogen and oxygen atoms in total. The summed E-state index contributed by atoms with van der Waals surface area (Å²) in [5, 5.41) is 15.3. The molecule has 1 unspecified atom stereocenters. The summed E-state index contributed by atoms with van der Waals surface area (Å²) < 4.78 is 0. The third-order valence-corrected chi connectivity index (χ3v) is 7.54. The Morgan fingerprint density at radius 1 is 0.533 bits per heavy atom. The Hall–Kier alpha value is -2.90. The molecule has 4 aromatic rings. The van der Waals surface area contributed by atoms with Crippen LogP contribution in [0.25, 0.3) is 10.8 Å². The molecule has 0 spiro atoms. The molecule has 148 valence electrons. The molecule has 6 rings (SSSR count). The minimum absolute atomic E-state index is 0.146. The third kappa shape index (κ3) is 2.66. The van der Waals surface area contributed by atoms with Crippen molar-refractivity contribution in [3.8, 4) is 0 Å². The van der Waals surface area contributed by atoms with E-state index in [4.69, 9.17) is 0 Å². The smallest absolute Gasteiger partial charge is 0.0965 e. The van der Waals surface area contributed by atoms with Gasteiger partial charge < -0.3 is 5.11 Å². The summed E-state index contributed by atoms with van der Waals surface area (Å²) in [4.78, 5) is 0. The van der Waals surface area contributed by atoms with Crippen molar-refractivity contribution in [3.63, 3.8) is 0 Å². The molecule has 2 aliphatic carbocycles. The second-order valence-corrected chi connectivity index (χ2v) is 9.10. The molecule has 2 bridgehead atoms. The molecule has 0 aliphatic heterocycles. The van der Waals surface area contributed by atoms with Gasteiger partial charge in [0.15, 0.2) is 0 Å². The van der Waals surface area contributed by atoms with Crippen LogP contribution in [0.15, 0.2) is 91.0 Å². The quantitative estimate of drug-likeness (QED) is 0.432. The highest BCUT2D eigenvalue weighted by molar-refractivity contribution is 5.89. The standard InChI is InChI=1S/C29H26O/c30-29(25-14-2-1-3-15-25)26-16-21-8-4-5-9-22(21)17-27(29)19-24-13-7-11-20-10-6-12-23(18-26)28(20)24/h1-15,26-27,30H,16-19H2/t26-,27+,29?. The molecule has 0 amide bonds. The van der Waals surface area contributed by atoms with Gasteiger partial charge >= 0.3 is 0 Å². The minimum atomic E-state index is -0.851. The van der Waals surface area contributed by atoms with Crippen molar-refractivity contribution in [2.45, 2.75) is 31.3 Å². The molecule has 30 heavy (non-hydrogen) atoms. The third-order valence-electron chi connectivity index (χ3n) is 7.54. The Bertz CT molecular complexity index is 1150. The summed E-state index contributed by atoms with van der Waals surface area (Å²) in [5.41, 5.74) is 5.77. The van der Waals surface area contributed by atoms with E-state index < -0.39 is 5.60 Å². The van der Waals surface area contributed by atoms with Crippen LogP contribution in [0.5, 0.6) is 0 Å². The monoisotopic (exact) mass is 390 g/mol. The molecule has 0 saturated heterocycles. The maximum atomic E-state index is 12.6. The first-order chi connectivity index (χ1) is 14.7. The van der Waals surface area contributed by atoms with Gasteiger partial charge in [-0.15, -0.1) is 0 Å².